The Labute approximate surface area is 124 Å². The maximum absolute atomic E-state index is 9.77. The van der Waals surface area contributed by atoms with E-state index in [-0.39, 0.29) is 5.75 Å². The molecule has 0 unspecified atom stereocenters. The van der Waals surface area contributed by atoms with Crippen LogP contribution in [0.25, 0.3) is 0 Å². The van der Waals surface area contributed by atoms with Crippen LogP contribution in [0.2, 0.25) is 0 Å². The molecule has 4 N–H and O–H groups in total. The summed E-state index contributed by atoms with van der Waals surface area (Å²) in [5, 5.41) is 13.0. The predicted octanol–water partition coefficient (Wildman–Crippen LogP) is 2.61. The third kappa shape index (κ3) is 4.29. The molecule has 2 rings (SSSR count). The summed E-state index contributed by atoms with van der Waals surface area (Å²) in [4.78, 5) is 0. The van der Waals surface area contributed by atoms with Crippen molar-refractivity contribution >= 4 is 11.4 Å². The Kier molecular flexibility index (Phi) is 5.29. The summed E-state index contributed by atoms with van der Waals surface area (Å²) in [5.41, 5.74) is 8.05. The lowest BCUT2D eigenvalue weighted by Gasteiger charge is -2.14. The number of nitrogens with two attached hydrogens (primary N) is 1. The molecule has 0 radical (unpaired) electrons. The first-order chi connectivity index (χ1) is 10.2. The molecule has 0 saturated carbocycles. The van der Waals surface area contributed by atoms with Crippen LogP contribution >= 0.6 is 0 Å². The molecule has 21 heavy (non-hydrogen) atoms. The Bertz CT molecular complexity index is 587. The van der Waals surface area contributed by atoms with E-state index in [0.717, 1.165) is 11.3 Å². The standard InChI is InChI=1S/C16H20N2O3/c1-20-8-9-21-16-7-6-13(17)10-14(16)18-11-12-4-2-3-5-15(12)19/h2-7,10,18-19H,8-9,11,17H2,1H3. The zero-order valence-electron chi connectivity index (χ0n) is 12.0. The molecule has 0 amide bonds. The van der Waals surface area contributed by atoms with Crippen molar-refractivity contribution in [1.29, 1.82) is 0 Å². The zero-order valence-corrected chi connectivity index (χ0v) is 12.0. The second kappa shape index (κ2) is 7.40. The molecule has 112 valence electrons. The fraction of sp³-hybridized carbons (Fsp3) is 0.250. The molecule has 0 spiro atoms. The summed E-state index contributed by atoms with van der Waals surface area (Å²) in [6.07, 6.45) is 0. The number of methoxy groups -OCH3 is 1. The van der Waals surface area contributed by atoms with Gasteiger partial charge in [0.25, 0.3) is 0 Å². The number of rotatable bonds is 7. The molecular formula is C16H20N2O3. The van der Waals surface area contributed by atoms with Gasteiger partial charge in [0.15, 0.2) is 0 Å². The smallest absolute Gasteiger partial charge is 0.142 e. The third-order valence-electron chi connectivity index (χ3n) is 3.01. The molecule has 0 saturated heterocycles. The number of anilines is 2. The minimum atomic E-state index is 0.260. The normalized spacial score (nSPS) is 10.3. The van der Waals surface area contributed by atoms with Gasteiger partial charge in [-0.1, -0.05) is 18.2 Å². The van der Waals surface area contributed by atoms with Gasteiger partial charge in [-0.25, -0.2) is 0 Å². The van der Waals surface area contributed by atoms with Crippen molar-refractivity contribution in [2.75, 3.05) is 31.4 Å². The molecule has 2 aromatic rings. The van der Waals surface area contributed by atoms with Crippen LogP contribution in [0.1, 0.15) is 5.56 Å². The highest BCUT2D eigenvalue weighted by atomic mass is 16.5. The van der Waals surface area contributed by atoms with Gasteiger partial charge in [-0.15, -0.1) is 0 Å². The second-order valence-corrected chi connectivity index (χ2v) is 4.58. The highest BCUT2D eigenvalue weighted by Gasteiger charge is 2.06. The van der Waals surface area contributed by atoms with Crippen LogP contribution in [0.5, 0.6) is 11.5 Å². The number of benzene rings is 2. The van der Waals surface area contributed by atoms with Crippen molar-refractivity contribution in [2.24, 2.45) is 0 Å². The Balaban J connectivity index is 2.07. The molecule has 0 aromatic heterocycles. The molecule has 0 bridgehead atoms. The van der Waals surface area contributed by atoms with E-state index >= 15 is 0 Å². The number of hydrogen-bond donors (Lipinski definition) is 3. The number of aromatic hydroxyl groups is 1. The quantitative estimate of drug-likeness (QED) is 0.539. The van der Waals surface area contributed by atoms with E-state index < -0.39 is 0 Å². The Morgan fingerprint density at radius 1 is 1.14 bits per heavy atom. The largest absolute Gasteiger partial charge is 0.508 e. The van der Waals surface area contributed by atoms with Crippen LogP contribution in [0.4, 0.5) is 11.4 Å². The fourth-order valence-corrected chi connectivity index (χ4v) is 1.90. The summed E-state index contributed by atoms with van der Waals surface area (Å²) < 4.78 is 10.6. The number of ether oxygens (including phenoxy) is 2. The number of phenolic OH excluding ortho intramolecular Hbond substituents is 1. The van der Waals surface area contributed by atoms with E-state index in [1.165, 1.54) is 0 Å². The van der Waals surface area contributed by atoms with Gasteiger partial charge in [0.2, 0.25) is 0 Å². The van der Waals surface area contributed by atoms with E-state index in [9.17, 15) is 5.11 Å². The fourth-order valence-electron chi connectivity index (χ4n) is 1.90. The van der Waals surface area contributed by atoms with Crippen molar-refractivity contribution in [3.63, 3.8) is 0 Å². The minimum Gasteiger partial charge on any atom is -0.508 e. The average Bonchev–Trinajstić information content (AvgIpc) is 2.48. The van der Waals surface area contributed by atoms with Gasteiger partial charge in [0.05, 0.1) is 12.3 Å². The maximum atomic E-state index is 9.77. The number of para-hydroxylation sites is 1. The molecule has 5 nitrogen and oxygen atoms in total. The van der Waals surface area contributed by atoms with Crippen LogP contribution in [0.3, 0.4) is 0 Å². The Morgan fingerprint density at radius 3 is 2.71 bits per heavy atom. The second-order valence-electron chi connectivity index (χ2n) is 4.58. The topological polar surface area (TPSA) is 76.7 Å². The van der Waals surface area contributed by atoms with Crippen molar-refractivity contribution in [2.45, 2.75) is 6.54 Å². The monoisotopic (exact) mass is 288 g/mol. The first kappa shape index (κ1) is 15.0. The summed E-state index contributed by atoms with van der Waals surface area (Å²) in [7, 11) is 1.63. The molecule has 0 aliphatic heterocycles. The maximum Gasteiger partial charge on any atom is 0.142 e. The van der Waals surface area contributed by atoms with Gasteiger partial charge >= 0.3 is 0 Å². The van der Waals surface area contributed by atoms with E-state index in [1.54, 1.807) is 25.3 Å². The van der Waals surface area contributed by atoms with Crippen LogP contribution in [-0.2, 0) is 11.3 Å². The van der Waals surface area contributed by atoms with Crippen LogP contribution in [-0.4, -0.2) is 25.4 Å². The predicted molar refractivity (Wildman–Crippen MR) is 83.7 cm³/mol. The molecule has 0 atom stereocenters. The number of hydrogen-bond acceptors (Lipinski definition) is 5. The molecule has 0 aliphatic carbocycles. The van der Waals surface area contributed by atoms with Crippen LogP contribution < -0.4 is 15.8 Å². The third-order valence-corrected chi connectivity index (χ3v) is 3.01. The van der Waals surface area contributed by atoms with Crippen LogP contribution in [0, 0.1) is 0 Å². The highest BCUT2D eigenvalue weighted by Crippen LogP contribution is 2.28. The SMILES string of the molecule is COCCOc1ccc(N)cc1NCc1ccccc1O. The average molecular weight is 288 g/mol. The van der Waals surface area contributed by atoms with Crippen molar-refractivity contribution < 1.29 is 14.6 Å². The summed E-state index contributed by atoms with van der Waals surface area (Å²) in [6, 6.07) is 12.6. The van der Waals surface area contributed by atoms with E-state index in [1.807, 2.05) is 24.3 Å². The number of nitrogens with one attached hydrogen (secondary N) is 1. The van der Waals surface area contributed by atoms with Gasteiger partial charge in [0, 0.05) is 24.9 Å². The molecule has 0 aliphatic rings. The summed E-state index contributed by atoms with van der Waals surface area (Å²) in [6.45, 7) is 1.46. The zero-order chi connectivity index (χ0) is 15.1. The Morgan fingerprint density at radius 2 is 1.95 bits per heavy atom. The van der Waals surface area contributed by atoms with Gasteiger partial charge in [-0.2, -0.15) is 0 Å². The molecule has 0 fully saturated rings. The molecule has 2 aromatic carbocycles. The van der Waals surface area contributed by atoms with E-state index in [2.05, 4.69) is 5.32 Å². The van der Waals surface area contributed by atoms with E-state index in [4.69, 9.17) is 15.2 Å². The number of phenols is 1. The molecule has 5 heteroatoms. The lowest BCUT2D eigenvalue weighted by Crippen LogP contribution is -2.08. The lowest BCUT2D eigenvalue weighted by molar-refractivity contribution is 0.146. The van der Waals surface area contributed by atoms with Crippen molar-refractivity contribution in [3.8, 4) is 11.5 Å². The van der Waals surface area contributed by atoms with Crippen molar-refractivity contribution in [1.82, 2.24) is 0 Å². The Hall–Kier alpha value is -2.40. The molecular weight excluding hydrogens is 268 g/mol. The van der Waals surface area contributed by atoms with Gasteiger partial charge < -0.3 is 25.6 Å². The van der Waals surface area contributed by atoms with Crippen LogP contribution in [0.15, 0.2) is 42.5 Å². The number of nitrogen functional groups attached to an aromatic ring is 1. The lowest BCUT2D eigenvalue weighted by atomic mass is 10.2. The summed E-state index contributed by atoms with van der Waals surface area (Å²) >= 11 is 0. The van der Waals surface area contributed by atoms with E-state index in [0.29, 0.717) is 31.2 Å². The molecule has 0 heterocycles. The van der Waals surface area contributed by atoms with Gasteiger partial charge in [-0.05, 0) is 24.3 Å². The van der Waals surface area contributed by atoms with Gasteiger partial charge in [0.1, 0.15) is 18.1 Å². The summed E-state index contributed by atoms with van der Waals surface area (Å²) in [5.74, 6) is 0.965. The van der Waals surface area contributed by atoms with Crippen molar-refractivity contribution in [3.05, 3.63) is 48.0 Å². The first-order valence-corrected chi connectivity index (χ1v) is 6.72. The van der Waals surface area contributed by atoms with Gasteiger partial charge in [-0.3, -0.25) is 0 Å². The highest BCUT2D eigenvalue weighted by molar-refractivity contribution is 5.63. The minimum absolute atomic E-state index is 0.260. The first-order valence-electron chi connectivity index (χ1n) is 6.72.